The molecule has 2 N–H and O–H groups in total. The number of nitrogen functional groups attached to an aromatic ring is 1. The predicted octanol–water partition coefficient (Wildman–Crippen LogP) is 7.17. The molecule has 0 saturated carbocycles. The Morgan fingerprint density at radius 1 is 0.844 bits per heavy atom. The lowest BCUT2D eigenvalue weighted by molar-refractivity contribution is 0.143. The molecule has 0 amide bonds. The van der Waals surface area contributed by atoms with Gasteiger partial charge in [0.15, 0.2) is 5.75 Å². The van der Waals surface area contributed by atoms with Crippen LogP contribution in [-0.4, -0.2) is 0 Å². The van der Waals surface area contributed by atoms with Crippen molar-refractivity contribution in [3.05, 3.63) is 95.6 Å². The standard InChI is InChI=1S/C26H32NO4P/c1-3-10-21(2)17-24-15-16-26(25(27)18-24)31-32(28,29-19-22-11-6-4-7-12-22)30-20-23-13-8-5-9-14-23/h4-9,11-16,18,21H,3,10,17,19-20,27H2,1-2H3/t21-/m1/s1. The normalized spacial score (nSPS) is 12.4. The molecule has 0 aromatic heterocycles. The first-order valence-electron chi connectivity index (χ1n) is 11.0. The second-order valence-corrected chi connectivity index (χ2v) is 9.62. The summed E-state index contributed by atoms with van der Waals surface area (Å²) >= 11 is 0. The minimum atomic E-state index is -3.93. The van der Waals surface area contributed by atoms with E-state index in [-0.39, 0.29) is 13.2 Å². The fourth-order valence-electron chi connectivity index (χ4n) is 3.47. The highest BCUT2D eigenvalue weighted by molar-refractivity contribution is 7.48. The molecule has 3 aromatic rings. The molecule has 170 valence electrons. The van der Waals surface area contributed by atoms with E-state index >= 15 is 0 Å². The summed E-state index contributed by atoms with van der Waals surface area (Å²) in [5.74, 6) is 0.863. The lowest BCUT2D eigenvalue weighted by atomic mass is 9.97. The molecule has 0 aliphatic carbocycles. The molecule has 0 heterocycles. The lowest BCUT2D eigenvalue weighted by Gasteiger charge is -2.20. The van der Waals surface area contributed by atoms with Gasteiger partial charge in [0.25, 0.3) is 0 Å². The number of hydrogen-bond acceptors (Lipinski definition) is 5. The predicted molar refractivity (Wildman–Crippen MR) is 129 cm³/mol. The van der Waals surface area contributed by atoms with E-state index < -0.39 is 7.82 Å². The van der Waals surface area contributed by atoms with E-state index in [0.29, 0.717) is 17.4 Å². The van der Waals surface area contributed by atoms with Crippen molar-refractivity contribution >= 4 is 13.5 Å². The average Bonchev–Trinajstić information content (AvgIpc) is 2.80. The zero-order valence-corrected chi connectivity index (χ0v) is 19.7. The van der Waals surface area contributed by atoms with Gasteiger partial charge in [-0.2, -0.15) is 0 Å². The number of phosphoric ester groups is 1. The van der Waals surface area contributed by atoms with Gasteiger partial charge in [-0.25, -0.2) is 4.57 Å². The molecular formula is C26H32NO4P. The zero-order valence-electron chi connectivity index (χ0n) is 18.8. The van der Waals surface area contributed by atoms with Crippen LogP contribution >= 0.6 is 7.82 Å². The van der Waals surface area contributed by atoms with Gasteiger partial charge >= 0.3 is 7.82 Å². The summed E-state index contributed by atoms with van der Waals surface area (Å²) in [7, 11) is -3.93. The molecule has 0 aliphatic heterocycles. The maximum atomic E-state index is 13.5. The molecule has 0 bridgehead atoms. The van der Waals surface area contributed by atoms with Gasteiger partial charge in [0.1, 0.15) is 0 Å². The van der Waals surface area contributed by atoms with Crippen LogP contribution in [0.15, 0.2) is 78.9 Å². The first-order chi connectivity index (χ1) is 15.5. The number of benzene rings is 3. The van der Waals surface area contributed by atoms with Crippen molar-refractivity contribution in [2.45, 2.75) is 46.3 Å². The van der Waals surface area contributed by atoms with E-state index in [1.807, 2.05) is 72.8 Å². The van der Waals surface area contributed by atoms with Gasteiger partial charge in [0.2, 0.25) is 0 Å². The van der Waals surface area contributed by atoms with E-state index in [1.54, 1.807) is 6.07 Å². The third kappa shape index (κ3) is 7.52. The van der Waals surface area contributed by atoms with Crippen molar-refractivity contribution < 1.29 is 18.1 Å². The lowest BCUT2D eigenvalue weighted by Crippen LogP contribution is -2.06. The van der Waals surface area contributed by atoms with E-state index in [9.17, 15) is 4.57 Å². The van der Waals surface area contributed by atoms with Gasteiger partial charge < -0.3 is 10.3 Å². The Hall–Kier alpha value is -2.59. The van der Waals surface area contributed by atoms with Crippen molar-refractivity contribution in [2.24, 2.45) is 5.92 Å². The van der Waals surface area contributed by atoms with Crippen LogP contribution in [0.25, 0.3) is 0 Å². The number of anilines is 1. The first kappa shape index (κ1) is 24.1. The van der Waals surface area contributed by atoms with Gasteiger partial charge in [-0.1, -0.05) is 93.4 Å². The molecule has 0 radical (unpaired) electrons. The monoisotopic (exact) mass is 453 g/mol. The van der Waals surface area contributed by atoms with Gasteiger partial charge in [0, 0.05) is 0 Å². The summed E-state index contributed by atoms with van der Waals surface area (Å²) in [6.45, 7) is 4.61. The summed E-state index contributed by atoms with van der Waals surface area (Å²) in [6, 6.07) is 24.5. The minimum absolute atomic E-state index is 0.0967. The Bertz CT molecular complexity index is 963. The van der Waals surface area contributed by atoms with Crippen LogP contribution in [0, 0.1) is 5.92 Å². The molecular weight excluding hydrogens is 421 g/mol. The number of rotatable bonds is 12. The average molecular weight is 454 g/mol. The minimum Gasteiger partial charge on any atom is -0.402 e. The SMILES string of the molecule is CCC[C@@H](C)Cc1ccc(OP(=O)(OCc2ccccc2)OCc2ccccc2)c(N)c1. The smallest absolute Gasteiger partial charge is 0.402 e. The van der Waals surface area contributed by atoms with Gasteiger partial charge in [-0.05, 0) is 41.2 Å². The van der Waals surface area contributed by atoms with E-state index in [1.165, 1.54) is 0 Å². The highest BCUT2D eigenvalue weighted by Crippen LogP contribution is 2.52. The van der Waals surface area contributed by atoms with Crippen LogP contribution in [0.5, 0.6) is 5.75 Å². The second kappa shape index (κ2) is 11.9. The van der Waals surface area contributed by atoms with Crippen LogP contribution in [0.3, 0.4) is 0 Å². The second-order valence-electron chi connectivity index (χ2n) is 8.03. The quantitative estimate of drug-likeness (QED) is 0.233. The van der Waals surface area contributed by atoms with Crippen molar-refractivity contribution in [3.63, 3.8) is 0 Å². The molecule has 0 unspecified atom stereocenters. The van der Waals surface area contributed by atoms with Crippen LogP contribution in [0.4, 0.5) is 5.69 Å². The Kier molecular flexibility index (Phi) is 8.92. The molecule has 0 aliphatic rings. The van der Waals surface area contributed by atoms with Crippen LogP contribution in [0.2, 0.25) is 0 Å². The Morgan fingerprint density at radius 2 is 1.41 bits per heavy atom. The van der Waals surface area contributed by atoms with Crippen molar-refractivity contribution in [3.8, 4) is 5.75 Å². The maximum absolute atomic E-state index is 13.5. The Balaban J connectivity index is 1.74. The fraction of sp³-hybridized carbons (Fsp3) is 0.308. The molecule has 1 atom stereocenters. The summed E-state index contributed by atoms with van der Waals surface area (Å²) in [4.78, 5) is 0. The summed E-state index contributed by atoms with van der Waals surface area (Å²) in [6.07, 6.45) is 3.25. The van der Waals surface area contributed by atoms with Gasteiger partial charge in [-0.15, -0.1) is 0 Å². The third-order valence-electron chi connectivity index (χ3n) is 5.11. The highest BCUT2D eigenvalue weighted by Gasteiger charge is 2.30. The topological polar surface area (TPSA) is 70.8 Å². The van der Waals surface area contributed by atoms with Crippen molar-refractivity contribution in [1.29, 1.82) is 0 Å². The number of hydrogen-bond donors (Lipinski definition) is 1. The van der Waals surface area contributed by atoms with Crippen molar-refractivity contribution in [2.75, 3.05) is 5.73 Å². The van der Waals surface area contributed by atoms with Crippen LogP contribution < -0.4 is 10.3 Å². The number of phosphoric acid groups is 1. The summed E-state index contributed by atoms with van der Waals surface area (Å²) in [5, 5.41) is 0. The molecule has 3 aromatic carbocycles. The Labute approximate surface area is 191 Å². The molecule has 3 rings (SSSR count). The van der Waals surface area contributed by atoms with E-state index in [2.05, 4.69) is 13.8 Å². The largest absolute Gasteiger partial charge is 0.530 e. The summed E-state index contributed by atoms with van der Waals surface area (Å²) < 4.78 is 30.6. The fourth-order valence-corrected chi connectivity index (χ4v) is 4.67. The van der Waals surface area contributed by atoms with Gasteiger partial charge in [0.05, 0.1) is 18.9 Å². The molecule has 32 heavy (non-hydrogen) atoms. The highest BCUT2D eigenvalue weighted by atomic mass is 31.2. The van der Waals surface area contributed by atoms with Crippen LogP contribution in [0.1, 0.15) is 43.4 Å². The molecule has 5 nitrogen and oxygen atoms in total. The molecule has 0 saturated heterocycles. The molecule has 0 spiro atoms. The maximum Gasteiger partial charge on any atom is 0.530 e. The molecule has 0 fully saturated rings. The number of nitrogens with two attached hydrogens (primary N) is 1. The zero-order chi connectivity index (χ0) is 22.8. The van der Waals surface area contributed by atoms with Gasteiger partial charge in [-0.3, -0.25) is 9.05 Å². The third-order valence-corrected chi connectivity index (χ3v) is 6.43. The summed E-state index contributed by atoms with van der Waals surface area (Å²) in [5.41, 5.74) is 9.51. The van der Waals surface area contributed by atoms with E-state index in [0.717, 1.165) is 36.0 Å². The van der Waals surface area contributed by atoms with Crippen LogP contribution in [-0.2, 0) is 33.2 Å². The Morgan fingerprint density at radius 3 is 1.91 bits per heavy atom. The molecule has 6 heteroatoms. The van der Waals surface area contributed by atoms with Crippen molar-refractivity contribution in [1.82, 2.24) is 0 Å². The first-order valence-corrected chi connectivity index (χ1v) is 12.5. The van der Waals surface area contributed by atoms with E-state index in [4.69, 9.17) is 19.3 Å².